The molecule has 1 unspecified atom stereocenters. The molecule has 1 N–H and O–H groups in total. The Morgan fingerprint density at radius 2 is 2.05 bits per heavy atom. The molecule has 1 heterocycles. The molecule has 0 saturated carbocycles. The first kappa shape index (κ1) is 14.0. The van der Waals surface area contributed by atoms with Crippen LogP contribution >= 0.6 is 11.3 Å². The second-order valence-corrected chi connectivity index (χ2v) is 5.40. The Hall–Kier alpha value is -1.39. The largest absolute Gasteiger partial charge is 0.497 e. The highest BCUT2D eigenvalue weighted by Crippen LogP contribution is 2.18. The molecule has 4 heteroatoms. The molecule has 2 aromatic rings. The summed E-state index contributed by atoms with van der Waals surface area (Å²) in [5.41, 5.74) is 2.38. The number of ether oxygens (including phenoxy) is 1. The Balaban J connectivity index is 1.90. The summed E-state index contributed by atoms with van der Waals surface area (Å²) in [7, 11) is 1.68. The molecular formula is C15H20N2OS. The van der Waals surface area contributed by atoms with Gasteiger partial charge in [-0.25, -0.2) is 4.98 Å². The zero-order chi connectivity index (χ0) is 13.7. The van der Waals surface area contributed by atoms with Crippen molar-refractivity contribution in [1.29, 1.82) is 0 Å². The fraction of sp³-hybridized carbons (Fsp3) is 0.400. The van der Waals surface area contributed by atoms with Gasteiger partial charge in [0.25, 0.3) is 0 Å². The summed E-state index contributed by atoms with van der Waals surface area (Å²) in [5.74, 6) is 0.892. The highest BCUT2D eigenvalue weighted by molar-refractivity contribution is 7.09. The number of aromatic nitrogens is 1. The van der Waals surface area contributed by atoms with Crippen molar-refractivity contribution < 1.29 is 4.74 Å². The van der Waals surface area contributed by atoms with Crippen molar-refractivity contribution in [2.75, 3.05) is 7.11 Å². The Morgan fingerprint density at radius 1 is 1.32 bits per heavy atom. The molecular weight excluding hydrogens is 256 g/mol. The van der Waals surface area contributed by atoms with E-state index in [1.54, 1.807) is 18.4 Å². The average molecular weight is 276 g/mol. The van der Waals surface area contributed by atoms with Gasteiger partial charge in [0, 0.05) is 18.0 Å². The minimum Gasteiger partial charge on any atom is -0.497 e. The summed E-state index contributed by atoms with van der Waals surface area (Å²) in [4.78, 5) is 4.56. The van der Waals surface area contributed by atoms with E-state index in [0.717, 1.165) is 24.4 Å². The van der Waals surface area contributed by atoms with Gasteiger partial charge in [-0.1, -0.05) is 19.1 Å². The van der Waals surface area contributed by atoms with E-state index in [9.17, 15) is 0 Å². The summed E-state index contributed by atoms with van der Waals surface area (Å²) in [6.45, 7) is 5.11. The molecule has 2 rings (SSSR count). The molecule has 19 heavy (non-hydrogen) atoms. The number of hydrogen-bond donors (Lipinski definition) is 1. The van der Waals surface area contributed by atoms with Crippen LogP contribution in [0.1, 0.15) is 36.2 Å². The van der Waals surface area contributed by atoms with Crippen LogP contribution in [0.15, 0.2) is 29.6 Å². The number of hydrogen-bond acceptors (Lipinski definition) is 4. The van der Waals surface area contributed by atoms with Crippen LogP contribution in [0.3, 0.4) is 0 Å². The molecule has 0 amide bonds. The molecule has 1 aromatic heterocycles. The third-order valence-electron chi connectivity index (χ3n) is 3.11. The van der Waals surface area contributed by atoms with Crippen molar-refractivity contribution in [2.45, 2.75) is 32.9 Å². The minimum atomic E-state index is 0.303. The number of rotatable bonds is 6. The molecule has 3 nitrogen and oxygen atoms in total. The molecule has 1 aromatic carbocycles. The third-order valence-corrected chi connectivity index (χ3v) is 4.15. The maximum Gasteiger partial charge on any atom is 0.118 e. The van der Waals surface area contributed by atoms with Gasteiger partial charge in [0.1, 0.15) is 5.75 Å². The van der Waals surface area contributed by atoms with E-state index in [4.69, 9.17) is 4.74 Å². The molecule has 1 atom stereocenters. The van der Waals surface area contributed by atoms with E-state index < -0.39 is 0 Å². The number of nitrogens with zero attached hydrogens (tertiary/aromatic N) is 1. The Kier molecular flexibility index (Phi) is 4.93. The highest BCUT2D eigenvalue weighted by Gasteiger charge is 2.06. The summed E-state index contributed by atoms with van der Waals surface area (Å²) in [6, 6.07) is 8.47. The van der Waals surface area contributed by atoms with E-state index in [2.05, 4.69) is 41.7 Å². The average Bonchev–Trinajstić information content (AvgIpc) is 2.93. The lowest BCUT2D eigenvalue weighted by Crippen LogP contribution is -2.18. The van der Waals surface area contributed by atoms with Crippen LogP contribution in [0.5, 0.6) is 5.75 Å². The van der Waals surface area contributed by atoms with Crippen LogP contribution < -0.4 is 10.1 Å². The molecule has 0 spiro atoms. The van der Waals surface area contributed by atoms with Crippen LogP contribution in [0.4, 0.5) is 0 Å². The van der Waals surface area contributed by atoms with Crippen molar-refractivity contribution >= 4 is 11.3 Å². The molecule has 0 aliphatic rings. The number of methoxy groups -OCH3 is 1. The second-order valence-electron chi connectivity index (χ2n) is 4.46. The van der Waals surface area contributed by atoms with Gasteiger partial charge in [0.05, 0.1) is 17.8 Å². The Bertz CT molecular complexity index is 507. The van der Waals surface area contributed by atoms with Gasteiger partial charge in [-0.3, -0.25) is 0 Å². The fourth-order valence-corrected chi connectivity index (χ4v) is 2.61. The van der Waals surface area contributed by atoms with E-state index in [1.165, 1.54) is 10.6 Å². The first-order valence-electron chi connectivity index (χ1n) is 6.53. The predicted molar refractivity (Wildman–Crippen MR) is 79.7 cm³/mol. The number of nitrogens with one attached hydrogen (secondary N) is 1. The van der Waals surface area contributed by atoms with Gasteiger partial charge in [0.15, 0.2) is 0 Å². The summed E-state index contributed by atoms with van der Waals surface area (Å²) in [5, 5.41) is 6.83. The minimum absolute atomic E-state index is 0.303. The number of benzene rings is 1. The predicted octanol–water partition coefficient (Wildman–Crippen LogP) is 3.56. The highest BCUT2D eigenvalue weighted by atomic mass is 32.1. The maximum atomic E-state index is 5.16. The van der Waals surface area contributed by atoms with Crippen molar-refractivity contribution in [3.05, 3.63) is 45.9 Å². The topological polar surface area (TPSA) is 34.2 Å². The van der Waals surface area contributed by atoms with Gasteiger partial charge in [-0.2, -0.15) is 0 Å². The van der Waals surface area contributed by atoms with E-state index >= 15 is 0 Å². The van der Waals surface area contributed by atoms with E-state index in [-0.39, 0.29) is 0 Å². The number of thiazole rings is 1. The van der Waals surface area contributed by atoms with Crippen LogP contribution in [-0.2, 0) is 13.0 Å². The zero-order valence-electron chi connectivity index (χ0n) is 11.6. The van der Waals surface area contributed by atoms with Crippen LogP contribution in [-0.4, -0.2) is 12.1 Å². The lowest BCUT2D eigenvalue weighted by molar-refractivity contribution is 0.414. The van der Waals surface area contributed by atoms with Crippen LogP contribution in [0.25, 0.3) is 0 Å². The van der Waals surface area contributed by atoms with Crippen molar-refractivity contribution in [3.63, 3.8) is 0 Å². The standard InChI is InChI=1S/C15H20N2OS/c1-4-15-17-13(10-19-15)9-16-11(2)12-5-7-14(18-3)8-6-12/h5-8,10-11,16H,4,9H2,1-3H3. The zero-order valence-corrected chi connectivity index (χ0v) is 12.5. The Labute approximate surface area is 118 Å². The van der Waals surface area contributed by atoms with Gasteiger partial charge >= 0.3 is 0 Å². The molecule has 0 aliphatic heterocycles. The maximum absolute atomic E-state index is 5.16. The second kappa shape index (κ2) is 6.68. The monoisotopic (exact) mass is 276 g/mol. The third kappa shape index (κ3) is 3.78. The summed E-state index contributed by atoms with van der Waals surface area (Å²) in [6.07, 6.45) is 1.01. The normalized spacial score (nSPS) is 12.4. The summed E-state index contributed by atoms with van der Waals surface area (Å²) < 4.78 is 5.16. The Morgan fingerprint density at radius 3 is 2.63 bits per heavy atom. The van der Waals surface area contributed by atoms with E-state index in [1.807, 2.05) is 12.1 Å². The van der Waals surface area contributed by atoms with Gasteiger partial charge in [-0.05, 0) is 31.0 Å². The smallest absolute Gasteiger partial charge is 0.118 e. The van der Waals surface area contributed by atoms with Crippen molar-refractivity contribution in [1.82, 2.24) is 10.3 Å². The molecule has 0 aliphatic carbocycles. The lowest BCUT2D eigenvalue weighted by atomic mass is 10.1. The van der Waals surface area contributed by atoms with E-state index in [0.29, 0.717) is 6.04 Å². The summed E-state index contributed by atoms with van der Waals surface area (Å²) >= 11 is 1.73. The molecule has 0 bridgehead atoms. The van der Waals surface area contributed by atoms with Crippen molar-refractivity contribution in [3.8, 4) is 5.75 Å². The van der Waals surface area contributed by atoms with Crippen LogP contribution in [0, 0.1) is 0 Å². The molecule has 0 radical (unpaired) electrons. The first-order chi connectivity index (χ1) is 9.22. The van der Waals surface area contributed by atoms with Crippen molar-refractivity contribution in [2.24, 2.45) is 0 Å². The molecule has 102 valence electrons. The van der Waals surface area contributed by atoms with Gasteiger partial charge < -0.3 is 10.1 Å². The lowest BCUT2D eigenvalue weighted by Gasteiger charge is -2.13. The van der Waals surface area contributed by atoms with Crippen LogP contribution in [0.2, 0.25) is 0 Å². The molecule has 0 saturated heterocycles. The first-order valence-corrected chi connectivity index (χ1v) is 7.41. The number of aryl methyl sites for hydroxylation is 1. The molecule has 0 fully saturated rings. The quantitative estimate of drug-likeness (QED) is 0.876. The fourth-order valence-electron chi connectivity index (χ4n) is 1.86. The van der Waals surface area contributed by atoms with Gasteiger partial charge in [0.2, 0.25) is 0 Å². The van der Waals surface area contributed by atoms with Gasteiger partial charge in [-0.15, -0.1) is 11.3 Å². The SMILES string of the molecule is CCc1nc(CNC(C)c2ccc(OC)cc2)cs1.